The molecule has 0 bridgehead atoms. The van der Waals surface area contributed by atoms with E-state index < -0.39 is 0 Å². The van der Waals surface area contributed by atoms with E-state index in [-0.39, 0.29) is 11.2 Å². The molecule has 2 saturated heterocycles. The molecule has 8 atom stereocenters. The van der Waals surface area contributed by atoms with E-state index in [1.165, 1.54) is 76.2 Å². The molecule has 0 amide bonds. The molecule has 29 heavy (non-hydrogen) atoms. The summed E-state index contributed by atoms with van der Waals surface area (Å²) in [4.78, 5) is 0. The third-order valence-corrected chi connectivity index (χ3v) is 10.1. The van der Waals surface area contributed by atoms with Gasteiger partial charge in [0, 0.05) is 0 Å². The Morgan fingerprint density at radius 3 is 2.55 bits per heavy atom. The predicted molar refractivity (Wildman–Crippen MR) is 119 cm³/mol. The maximum atomic E-state index is 6.70. The predicted octanol–water partition coefficient (Wildman–Crippen LogP) is 7.07. The Labute approximate surface area is 179 Å². The van der Waals surface area contributed by atoms with Gasteiger partial charge in [0.15, 0.2) is 0 Å². The van der Waals surface area contributed by atoms with Crippen LogP contribution in [-0.4, -0.2) is 23.4 Å². The third kappa shape index (κ3) is 3.10. The number of epoxide rings is 2. The summed E-state index contributed by atoms with van der Waals surface area (Å²) in [5.74, 6) is 3.34. The molecule has 5 fully saturated rings. The van der Waals surface area contributed by atoms with Gasteiger partial charge in [0.1, 0.15) is 23.4 Å². The van der Waals surface area contributed by atoms with Crippen molar-refractivity contribution < 1.29 is 9.47 Å². The molecule has 2 heteroatoms. The lowest BCUT2D eigenvalue weighted by molar-refractivity contribution is 0.00962. The van der Waals surface area contributed by atoms with Crippen molar-refractivity contribution in [2.24, 2.45) is 29.1 Å². The van der Waals surface area contributed by atoms with Crippen molar-refractivity contribution in [2.45, 2.75) is 128 Å². The van der Waals surface area contributed by atoms with E-state index in [1.54, 1.807) is 0 Å². The summed E-state index contributed by atoms with van der Waals surface area (Å²) in [6, 6.07) is 0. The minimum Gasteiger partial charge on any atom is -0.363 e. The number of ether oxygens (including phenoxy) is 2. The lowest BCUT2D eigenvalue weighted by Gasteiger charge is -2.46. The third-order valence-electron chi connectivity index (χ3n) is 10.1. The Hall–Kier alpha value is -0.340. The summed E-state index contributed by atoms with van der Waals surface area (Å²) < 4.78 is 13.1. The van der Waals surface area contributed by atoms with Crippen LogP contribution in [-0.2, 0) is 9.47 Å². The Morgan fingerprint density at radius 2 is 1.79 bits per heavy atom. The Kier molecular flexibility index (Phi) is 5.03. The van der Waals surface area contributed by atoms with Gasteiger partial charge in [-0.25, -0.2) is 0 Å². The average molecular weight is 401 g/mol. The van der Waals surface area contributed by atoms with Crippen LogP contribution < -0.4 is 0 Å². The Morgan fingerprint density at radius 1 is 0.966 bits per heavy atom. The number of hydrogen-bond donors (Lipinski definition) is 0. The highest BCUT2D eigenvalue weighted by molar-refractivity contribution is 5.33. The molecule has 0 aromatic rings. The monoisotopic (exact) mass is 400 g/mol. The molecule has 0 aromatic heterocycles. The lowest BCUT2D eigenvalue weighted by Crippen LogP contribution is -2.45. The maximum Gasteiger partial charge on any atom is 0.121 e. The molecule has 2 spiro atoms. The van der Waals surface area contributed by atoms with Crippen LogP contribution in [0.3, 0.4) is 0 Å². The largest absolute Gasteiger partial charge is 0.363 e. The second-order valence-corrected chi connectivity index (χ2v) is 12.1. The summed E-state index contributed by atoms with van der Waals surface area (Å²) in [5.41, 5.74) is 1.99. The fraction of sp³-hybridized carbons (Fsp3) is 0.926. The van der Waals surface area contributed by atoms with E-state index in [0.29, 0.717) is 17.6 Å². The van der Waals surface area contributed by atoms with Crippen molar-refractivity contribution >= 4 is 0 Å². The first kappa shape index (κ1) is 20.6. The summed E-state index contributed by atoms with van der Waals surface area (Å²) in [5, 5.41) is 0. The molecule has 5 rings (SSSR count). The normalized spacial score (nSPS) is 49.6. The Balaban J connectivity index is 1.27. The van der Waals surface area contributed by atoms with Crippen LogP contribution in [0.5, 0.6) is 0 Å². The van der Waals surface area contributed by atoms with Crippen molar-refractivity contribution in [3.63, 3.8) is 0 Å². The van der Waals surface area contributed by atoms with Crippen molar-refractivity contribution in [3.8, 4) is 0 Å². The molecule has 2 nitrogen and oxygen atoms in total. The molecule has 0 radical (unpaired) electrons. The maximum absolute atomic E-state index is 6.70. The van der Waals surface area contributed by atoms with Crippen LogP contribution in [0.1, 0.15) is 105 Å². The standard InChI is InChI=1S/C27H44O2/c1-18(2)10-8-11-19(3)21-13-14-22-25(21,5)15-9-17-27(22)24(29-27)23-26(28-23)16-7-6-12-20(26)4/h18-19,21-24H,4,6-17H2,1-3,5H3/t19-,21-,22-,23?,24?,25-,26?,27?/m1/s1. The fourth-order valence-electron chi connectivity index (χ4n) is 8.43. The smallest absolute Gasteiger partial charge is 0.121 e. The van der Waals surface area contributed by atoms with Crippen molar-refractivity contribution in [1.82, 2.24) is 0 Å². The zero-order valence-corrected chi connectivity index (χ0v) is 19.5. The van der Waals surface area contributed by atoms with Gasteiger partial charge in [0.2, 0.25) is 0 Å². The number of hydrogen-bond acceptors (Lipinski definition) is 2. The molecule has 164 valence electrons. The number of fused-ring (bicyclic) bond motifs is 2. The fourth-order valence-corrected chi connectivity index (χ4v) is 8.43. The highest BCUT2D eigenvalue weighted by Crippen LogP contribution is 2.70. The van der Waals surface area contributed by atoms with Crippen molar-refractivity contribution in [3.05, 3.63) is 12.2 Å². The van der Waals surface area contributed by atoms with Gasteiger partial charge in [-0.2, -0.15) is 0 Å². The Bertz CT molecular complexity index is 655. The molecule has 3 saturated carbocycles. The van der Waals surface area contributed by atoms with E-state index in [4.69, 9.17) is 9.47 Å². The van der Waals surface area contributed by atoms with Gasteiger partial charge in [0.25, 0.3) is 0 Å². The first-order valence-corrected chi connectivity index (χ1v) is 12.9. The van der Waals surface area contributed by atoms with Crippen LogP contribution in [0.4, 0.5) is 0 Å². The molecule has 2 aliphatic heterocycles. The molecule has 0 aromatic carbocycles. The lowest BCUT2D eigenvalue weighted by atomic mass is 9.57. The second-order valence-electron chi connectivity index (χ2n) is 12.1. The zero-order valence-electron chi connectivity index (χ0n) is 19.5. The minimum atomic E-state index is 0.00239. The van der Waals surface area contributed by atoms with Gasteiger partial charge < -0.3 is 9.47 Å². The topological polar surface area (TPSA) is 25.1 Å². The van der Waals surface area contributed by atoms with Crippen molar-refractivity contribution in [1.29, 1.82) is 0 Å². The molecule has 4 unspecified atom stereocenters. The second kappa shape index (κ2) is 7.09. The SMILES string of the molecule is C=C1CCCCC12OC2C1OC12CCC[C@]1(C)[C@@H]([C@H](C)CCCC(C)C)CC[C@@H]21. The van der Waals surface area contributed by atoms with E-state index in [0.717, 1.165) is 30.1 Å². The quantitative estimate of drug-likeness (QED) is 0.352. The first-order valence-electron chi connectivity index (χ1n) is 12.9. The molecule has 2 heterocycles. The summed E-state index contributed by atoms with van der Waals surface area (Å²) in [6.45, 7) is 14.3. The molecular weight excluding hydrogens is 356 g/mol. The van der Waals surface area contributed by atoms with Gasteiger partial charge >= 0.3 is 0 Å². The zero-order chi connectivity index (χ0) is 20.4. The van der Waals surface area contributed by atoms with Gasteiger partial charge in [-0.1, -0.05) is 53.5 Å². The molecule has 5 aliphatic rings. The summed E-state index contributed by atoms with van der Waals surface area (Å²) >= 11 is 0. The average Bonchev–Trinajstić information content (AvgIpc) is 3.52. The first-order chi connectivity index (χ1) is 13.8. The van der Waals surface area contributed by atoms with Gasteiger partial charge in [-0.15, -0.1) is 0 Å². The van der Waals surface area contributed by atoms with Crippen LogP contribution in [0.25, 0.3) is 0 Å². The van der Waals surface area contributed by atoms with E-state index in [1.807, 2.05) is 0 Å². The molecule has 3 aliphatic carbocycles. The molecule has 0 N–H and O–H groups in total. The van der Waals surface area contributed by atoms with Crippen LogP contribution in [0.2, 0.25) is 0 Å². The summed E-state index contributed by atoms with van der Waals surface area (Å²) in [6.07, 6.45) is 16.7. The van der Waals surface area contributed by atoms with Crippen LogP contribution in [0, 0.1) is 29.1 Å². The van der Waals surface area contributed by atoms with E-state index >= 15 is 0 Å². The number of rotatable bonds is 6. The highest BCUT2D eigenvalue weighted by Gasteiger charge is 2.78. The van der Waals surface area contributed by atoms with E-state index in [2.05, 4.69) is 34.3 Å². The highest BCUT2D eigenvalue weighted by atomic mass is 16.7. The van der Waals surface area contributed by atoms with Gasteiger partial charge in [0.05, 0.1) is 0 Å². The van der Waals surface area contributed by atoms with Gasteiger partial charge in [-0.3, -0.25) is 0 Å². The van der Waals surface area contributed by atoms with Crippen molar-refractivity contribution in [2.75, 3.05) is 0 Å². The van der Waals surface area contributed by atoms with Crippen LogP contribution >= 0.6 is 0 Å². The summed E-state index contributed by atoms with van der Waals surface area (Å²) in [7, 11) is 0. The molecular formula is C27H44O2. The van der Waals surface area contributed by atoms with Crippen LogP contribution in [0.15, 0.2) is 12.2 Å². The van der Waals surface area contributed by atoms with Gasteiger partial charge in [-0.05, 0) is 92.4 Å². The minimum absolute atomic E-state index is 0.00239. The van der Waals surface area contributed by atoms with E-state index in [9.17, 15) is 0 Å².